The van der Waals surface area contributed by atoms with Gasteiger partial charge in [0, 0.05) is 12.6 Å². The Kier molecular flexibility index (Phi) is 5.29. The van der Waals surface area contributed by atoms with E-state index in [1.165, 1.54) is 19.3 Å². The molecule has 1 saturated carbocycles. The highest BCUT2D eigenvalue weighted by molar-refractivity contribution is 5.74. The molecule has 0 heterocycles. The molecule has 0 aromatic heterocycles. The van der Waals surface area contributed by atoms with Gasteiger partial charge in [0.2, 0.25) is 0 Å². The molecular weight excluding hydrogens is 212 g/mol. The molecule has 0 unspecified atom stereocenters. The number of rotatable bonds is 3. The molecule has 0 spiro atoms. The van der Waals surface area contributed by atoms with Gasteiger partial charge < -0.3 is 10.6 Å². The van der Waals surface area contributed by atoms with Crippen LogP contribution in [0.5, 0.6) is 0 Å². The van der Waals surface area contributed by atoms with E-state index in [1.54, 1.807) is 0 Å². The summed E-state index contributed by atoms with van der Waals surface area (Å²) in [6, 6.07) is 0.372. The Labute approximate surface area is 106 Å². The van der Waals surface area contributed by atoms with Crippen LogP contribution >= 0.6 is 0 Å². The Balaban J connectivity index is 2.36. The largest absolute Gasteiger partial charge is 0.338 e. The van der Waals surface area contributed by atoms with Crippen molar-refractivity contribution in [3.8, 4) is 0 Å². The van der Waals surface area contributed by atoms with Crippen molar-refractivity contribution < 1.29 is 4.79 Å². The summed E-state index contributed by atoms with van der Waals surface area (Å²) < 4.78 is 0. The first-order chi connectivity index (χ1) is 7.90. The van der Waals surface area contributed by atoms with Gasteiger partial charge in [-0.3, -0.25) is 0 Å². The molecule has 0 aromatic carbocycles. The molecule has 0 aliphatic heterocycles. The van der Waals surface area contributed by atoms with Crippen molar-refractivity contribution in [2.24, 2.45) is 11.3 Å². The summed E-state index contributed by atoms with van der Waals surface area (Å²) in [7, 11) is 0. The Morgan fingerprint density at radius 2 is 2.00 bits per heavy atom. The van der Waals surface area contributed by atoms with Crippen molar-refractivity contribution in [2.75, 3.05) is 6.54 Å². The van der Waals surface area contributed by atoms with E-state index in [9.17, 15) is 4.79 Å². The van der Waals surface area contributed by atoms with Crippen LogP contribution in [-0.4, -0.2) is 18.6 Å². The molecule has 2 amide bonds. The molecule has 17 heavy (non-hydrogen) atoms. The number of urea groups is 1. The fourth-order valence-electron chi connectivity index (χ4n) is 2.87. The van der Waals surface area contributed by atoms with Crippen LogP contribution in [0.15, 0.2) is 0 Å². The molecule has 2 atom stereocenters. The summed E-state index contributed by atoms with van der Waals surface area (Å²) in [6.45, 7) is 9.54. The zero-order valence-electron chi connectivity index (χ0n) is 11.8. The lowest BCUT2D eigenvalue weighted by Gasteiger charge is -2.33. The molecule has 0 bridgehead atoms. The summed E-state index contributed by atoms with van der Waals surface area (Å²) in [5.74, 6) is 0.774. The minimum Gasteiger partial charge on any atom is -0.338 e. The smallest absolute Gasteiger partial charge is 0.314 e. The van der Waals surface area contributed by atoms with E-state index in [0.717, 1.165) is 18.8 Å². The average Bonchev–Trinajstić information content (AvgIpc) is 2.15. The average molecular weight is 240 g/mol. The zero-order valence-corrected chi connectivity index (χ0v) is 11.8. The highest BCUT2D eigenvalue weighted by Crippen LogP contribution is 2.34. The van der Waals surface area contributed by atoms with Crippen molar-refractivity contribution in [3.05, 3.63) is 0 Å². The molecule has 3 heteroatoms. The third-order valence-corrected chi connectivity index (χ3v) is 3.36. The summed E-state index contributed by atoms with van der Waals surface area (Å²) in [6.07, 6.45) is 6.12. The molecule has 3 nitrogen and oxygen atoms in total. The van der Waals surface area contributed by atoms with E-state index in [2.05, 4.69) is 31.4 Å². The summed E-state index contributed by atoms with van der Waals surface area (Å²) >= 11 is 0. The van der Waals surface area contributed by atoms with Crippen LogP contribution in [-0.2, 0) is 0 Å². The molecule has 1 fully saturated rings. The lowest BCUT2D eigenvalue weighted by Crippen LogP contribution is -2.44. The summed E-state index contributed by atoms with van der Waals surface area (Å²) in [5, 5.41) is 5.89. The second kappa shape index (κ2) is 6.27. The van der Waals surface area contributed by atoms with Crippen molar-refractivity contribution >= 4 is 6.03 Å². The van der Waals surface area contributed by atoms with Gasteiger partial charge in [0.05, 0.1) is 0 Å². The molecule has 0 aromatic rings. The van der Waals surface area contributed by atoms with Crippen LogP contribution in [0, 0.1) is 11.3 Å². The summed E-state index contributed by atoms with van der Waals surface area (Å²) in [4.78, 5) is 11.5. The van der Waals surface area contributed by atoms with Crippen molar-refractivity contribution in [2.45, 2.75) is 65.8 Å². The number of nitrogens with one attached hydrogen (secondary N) is 2. The van der Waals surface area contributed by atoms with Crippen LogP contribution in [0.3, 0.4) is 0 Å². The van der Waals surface area contributed by atoms with E-state index < -0.39 is 0 Å². The van der Waals surface area contributed by atoms with Gasteiger partial charge in [0.15, 0.2) is 0 Å². The topological polar surface area (TPSA) is 41.1 Å². The minimum absolute atomic E-state index is 0.00564. The number of hydrogen-bond donors (Lipinski definition) is 2. The molecule has 1 aliphatic carbocycles. The Hall–Kier alpha value is -0.730. The Morgan fingerprint density at radius 1 is 1.29 bits per heavy atom. The molecular formula is C14H28N2O. The number of carbonyl (C=O) groups excluding carboxylic acids is 1. The van der Waals surface area contributed by atoms with E-state index in [0.29, 0.717) is 18.0 Å². The third kappa shape index (κ3) is 5.94. The van der Waals surface area contributed by atoms with Crippen LogP contribution in [0.1, 0.15) is 59.8 Å². The lowest BCUT2D eigenvalue weighted by molar-refractivity contribution is 0.202. The van der Waals surface area contributed by atoms with Gasteiger partial charge in [-0.15, -0.1) is 0 Å². The molecule has 2 N–H and O–H groups in total. The predicted octanol–water partition coefficient (Wildman–Crippen LogP) is 3.30. The van der Waals surface area contributed by atoms with Gasteiger partial charge in [-0.05, 0) is 37.5 Å². The maximum Gasteiger partial charge on any atom is 0.314 e. The van der Waals surface area contributed by atoms with Crippen LogP contribution in [0.25, 0.3) is 0 Å². The first-order valence-corrected chi connectivity index (χ1v) is 6.95. The van der Waals surface area contributed by atoms with E-state index in [1.807, 2.05) is 6.92 Å². The van der Waals surface area contributed by atoms with E-state index in [4.69, 9.17) is 0 Å². The van der Waals surface area contributed by atoms with Crippen LogP contribution in [0.4, 0.5) is 4.79 Å². The number of carbonyl (C=O) groups is 1. The molecule has 100 valence electrons. The maximum atomic E-state index is 11.5. The third-order valence-electron chi connectivity index (χ3n) is 3.36. The zero-order chi connectivity index (χ0) is 12.9. The van der Waals surface area contributed by atoms with E-state index in [-0.39, 0.29) is 6.03 Å². The molecule has 1 rings (SSSR count). The standard InChI is InChI=1S/C14H28N2O/c1-5-15-13(17)16-12-8-6-7-11(9-12)10-14(2,3)4/h11-12H,5-10H2,1-4H3,(H2,15,16,17)/t11-,12-/m1/s1. The first kappa shape index (κ1) is 14.3. The highest BCUT2D eigenvalue weighted by Gasteiger charge is 2.26. The fraction of sp³-hybridized carbons (Fsp3) is 0.929. The second-order valence-corrected chi connectivity index (χ2v) is 6.50. The maximum absolute atomic E-state index is 11.5. The normalized spacial score (nSPS) is 25.4. The van der Waals surface area contributed by atoms with Gasteiger partial charge in [0.25, 0.3) is 0 Å². The Morgan fingerprint density at radius 3 is 2.59 bits per heavy atom. The van der Waals surface area contributed by atoms with Crippen molar-refractivity contribution in [1.29, 1.82) is 0 Å². The number of hydrogen-bond acceptors (Lipinski definition) is 1. The SMILES string of the molecule is CCNC(=O)N[C@@H]1CCC[C@@H](CC(C)(C)C)C1. The minimum atomic E-state index is -0.00564. The highest BCUT2D eigenvalue weighted by atomic mass is 16.2. The van der Waals surface area contributed by atoms with Gasteiger partial charge in [-0.2, -0.15) is 0 Å². The van der Waals surface area contributed by atoms with Crippen LogP contribution < -0.4 is 10.6 Å². The molecule has 1 aliphatic rings. The first-order valence-electron chi connectivity index (χ1n) is 6.95. The van der Waals surface area contributed by atoms with Crippen molar-refractivity contribution in [1.82, 2.24) is 10.6 Å². The second-order valence-electron chi connectivity index (χ2n) is 6.50. The van der Waals surface area contributed by atoms with Gasteiger partial charge in [-0.1, -0.05) is 33.6 Å². The lowest BCUT2D eigenvalue weighted by atomic mass is 9.76. The van der Waals surface area contributed by atoms with Crippen molar-refractivity contribution in [3.63, 3.8) is 0 Å². The monoisotopic (exact) mass is 240 g/mol. The van der Waals surface area contributed by atoms with Crippen LogP contribution in [0.2, 0.25) is 0 Å². The molecule has 0 radical (unpaired) electrons. The van der Waals surface area contributed by atoms with Gasteiger partial charge in [0.1, 0.15) is 0 Å². The van der Waals surface area contributed by atoms with E-state index >= 15 is 0 Å². The Bertz CT molecular complexity index is 245. The molecule has 0 saturated heterocycles. The van der Waals surface area contributed by atoms with Gasteiger partial charge >= 0.3 is 6.03 Å². The van der Waals surface area contributed by atoms with Gasteiger partial charge in [-0.25, -0.2) is 4.79 Å². The summed E-state index contributed by atoms with van der Waals surface area (Å²) in [5.41, 5.74) is 0.401. The predicted molar refractivity (Wildman–Crippen MR) is 72.0 cm³/mol. The quantitative estimate of drug-likeness (QED) is 0.781. The fourth-order valence-corrected chi connectivity index (χ4v) is 2.87. The number of amides is 2.